The Hall–Kier alpha value is -3.10. The van der Waals surface area contributed by atoms with Gasteiger partial charge in [0.25, 0.3) is 0 Å². The minimum absolute atomic E-state index is 0.0448. The molecule has 10 heteroatoms. The van der Waals surface area contributed by atoms with Crippen molar-refractivity contribution in [2.75, 3.05) is 19.0 Å². The number of hydrogen-bond donors (Lipinski definition) is 1. The number of carbonyl (C=O) groups is 1. The van der Waals surface area contributed by atoms with Gasteiger partial charge in [-0.05, 0) is 30.7 Å². The summed E-state index contributed by atoms with van der Waals surface area (Å²) >= 11 is 11.8. The molecule has 3 atom stereocenters. The van der Waals surface area contributed by atoms with E-state index in [4.69, 9.17) is 32.7 Å². The molecule has 2 aliphatic rings. The van der Waals surface area contributed by atoms with Crippen LogP contribution in [-0.4, -0.2) is 46.6 Å². The van der Waals surface area contributed by atoms with Crippen molar-refractivity contribution in [2.24, 2.45) is 5.92 Å². The van der Waals surface area contributed by atoms with E-state index in [1.54, 1.807) is 19.2 Å². The van der Waals surface area contributed by atoms with E-state index < -0.39 is 5.82 Å². The molecule has 5 rings (SSSR count). The quantitative estimate of drug-likeness (QED) is 0.360. The molecule has 1 saturated carbocycles. The van der Waals surface area contributed by atoms with Crippen molar-refractivity contribution in [3.8, 4) is 11.5 Å². The standard InChI is InChI=1S/C24H21Cl2FN4O3/c1-3-21(32)31-10-12-6-13(31)7-18(12)34-20-8-14-17(9-19(20)33-2)28-11-29-24(14)30-16-5-4-15(25)22(26)23(16)27/h3-5,8-9,11-13,18H,1,6-7,10H2,2H3,(H,28,29,30)/t12-,13-,18-/m0/s1. The van der Waals surface area contributed by atoms with Crippen LogP contribution in [0.2, 0.25) is 10.0 Å². The van der Waals surface area contributed by atoms with Crippen LogP contribution in [0.15, 0.2) is 43.2 Å². The van der Waals surface area contributed by atoms with E-state index in [-0.39, 0.29) is 39.7 Å². The molecular formula is C24H21Cl2FN4O3. The maximum atomic E-state index is 14.6. The van der Waals surface area contributed by atoms with Gasteiger partial charge in [-0.2, -0.15) is 0 Å². The van der Waals surface area contributed by atoms with Gasteiger partial charge in [0.15, 0.2) is 17.3 Å². The van der Waals surface area contributed by atoms with Crippen molar-refractivity contribution in [2.45, 2.75) is 25.0 Å². The number of hydrogen-bond acceptors (Lipinski definition) is 6. The first-order chi connectivity index (χ1) is 16.4. The van der Waals surface area contributed by atoms with Gasteiger partial charge in [0, 0.05) is 36.4 Å². The number of nitrogens with zero attached hydrogens (tertiary/aromatic N) is 3. The molecule has 34 heavy (non-hydrogen) atoms. The molecule has 1 saturated heterocycles. The summed E-state index contributed by atoms with van der Waals surface area (Å²) in [7, 11) is 1.56. The van der Waals surface area contributed by atoms with Gasteiger partial charge in [0.05, 0.1) is 28.4 Å². The van der Waals surface area contributed by atoms with E-state index in [0.29, 0.717) is 34.8 Å². The summed E-state index contributed by atoms with van der Waals surface area (Å²) in [5, 5.41) is 3.55. The van der Waals surface area contributed by atoms with Gasteiger partial charge in [-0.25, -0.2) is 14.4 Å². The Bertz CT molecular complexity index is 1300. The van der Waals surface area contributed by atoms with Crippen molar-refractivity contribution >= 4 is 51.5 Å². The first-order valence-electron chi connectivity index (χ1n) is 10.7. The lowest BCUT2D eigenvalue weighted by atomic mass is 10.1. The zero-order chi connectivity index (χ0) is 24.0. The van der Waals surface area contributed by atoms with E-state index in [2.05, 4.69) is 21.9 Å². The summed E-state index contributed by atoms with van der Waals surface area (Å²) in [5.41, 5.74) is 0.727. The van der Waals surface area contributed by atoms with E-state index in [1.807, 2.05) is 4.90 Å². The molecule has 3 aromatic rings. The second-order valence-electron chi connectivity index (χ2n) is 8.33. The number of amides is 1. The van der Waals surface area contributed by atoms with Crippen LogP contribution in [0, 0.1) is 11.7 Å². The number of rotatable bonds is 6. The van der Waals surface area contributed by atoms with E-state index in [1.165, 1.54) is 24.5 Å². The fourth-order valence-electron chi connectivity index (χ4n) is 4.77. The molecule has 0 unspecified atom stereocenters. The van der Waals surface area contributed by atoms with Gasteiger partial charge in [0.1, 0.15) is 18.2 Å². The van der Waals surface area contributed by atoms with Crippen molar-refractivity contribution in [3.05, 3.63) is 59.1 Å². The molecule has 1 amide bonds. The third-order valence-electron chi connectivity index (χ3n) is 6.42. The highest BCUT2D eigenvalue weighted by Crippen LogP contribution is 2.43. The molecule has 7 nitrogen and oxygen atoms in total. The number of halogens is 3. The lowest BCUT2D eigenvalue weighted by molar-refractivity contribution is -0.128. The summed E-state index contributed by atoms with van der Waals surface area (Å²) in [6, 6.07) is 6.68. The van der Waals surface area contributed by atoms with Crippen LogP contribution in [0.25, 0.3) is 10.9 Å². The lowest BCUT2D eigenvalue weighted by Crippen LogP contribution is -2.42. The number of methoxy groups -OCH3 is 1. The Balaban J connectivity index is 1.45. The molecule has 176 valence electrons. The maximum Gasteiger partial charge on any atom is 0.246 e. The van der Waals surface area contributed by atoms with Gasteiger partial charge in [-0.1, -0.05) is 29.8 Å². The Morgan fingerprint density at radius 1 is 1.26 bits per heavy atom. The molecule has 0 spiro atoms. The fourth-order valence-corrected chi connectivity index (χ4v) is 5.08. The van der Waals surface area contributed by atoms with Crippen LogP contribution in [-0.2, 0) is 4.79 Å². The predicted octanol–water partition coefficient (Wildman–Crippen LogP) is 5.38. The van der Waals surface area contributed by atoms with Gasteiger partial charge < -0.3 is 19.7 Å². The third kappa shape index (κ3) is 3.91. The second-order valence-corrected chi connectivity index (χ2v) is 9.11. The number of aromatic nitrogens is 2. The summed E-state index contributed by atoms with van der Waals surface area (Å²) in [6.45, 7) is 4.23. The second kappa shape index (κ2) is 8.92. The van der Waals surface area contributed by atoms with Crippen molar-refractivity contribution in [1.29, 1.82) is 0 Å². The van der Waals surface area contributed by atoms with Crippen LogP contribution in [0.4, 0.5) is 15.9 Å². The Labute approximate surface area is 205 Å². The number of likely N-dealkylation sites (tertiary alicyclic amines) is 1. The monoisotopic (exact) mass is 502 g/mol. The normalized spacial score (nSPS) is 21.1. The number of fused-ring (bicyclic) bond motifs is 3. The minimum atomic E-state index is -0.675. The molecular weight excluding hydrogens is 482 g/mol. The lowest BCUT2D eigenvalue weighted by Gasteiger charge is -2.31. The number of piperidine rings is 1. The summed E-state index contributed by atoms with van der Waals surface area (Å²) in [6.07, 6.45) is 4.30. The Morgan fingerprint density at radius 3 is 2.79 bits per heavy atom. The Kier molecular flexibility index (Phi) is 5.95. The first-order valence-corrected chi connectivity index (χ1v) is 11.5. The van der Waals surface area contributed by atoms with Crippen molar-refractivity contribution in [3.63, 3.8) is 0 Å². The smallest absolute Gasteiger partial charge is 0.246 e. The van der Waals surface area contributed by atoms with E-state index in [9.17, 15) is 9.18 Å². The number of ether oxygens (including phenoxy) is 2. The molecule has 2 bridgehead atoms. The van der Waals surface area contributed by atoms with Gasteiger partial charge in [0.2, 0.25) is 5.91 Å². The SMILES string of the molecule is C=CC(=O)N1C[C@@H]2C[C@H]1C[C@@H]2Oc1cc2c(Nc3ccc(Cl)c(Cl)c3F)ncnc2cc1OC. The highest BCUT2D eigenvalue weighted by atomic mass is 35.5. The first kappa shape index (κ1) is 22.7. The van der Waals surface area contributed by atoms with Crippen molar-refractivity contribution in [1.82, 2.24) is 14.9 Å². The van der Waals surface area contributed by atoms with Gasteiger partial charge in [-0.15, -0.1) is 0 Å². The minimum Gasteiger partial charge on any atom is -0.493 e. The van der Waals surface area contributed by atoms with E-state index >= 15 is 0 Å². The molecule has 1 aromatic heterocycles. The van der Waals surface area contributed by atoms with E-state index in [0.717, 1.165) is 12.8 Å². The molecule has 1 aliphatic heterocycles. The molecule has 0 radical (unpaired) electrons. The van der Waals surface area contributed by atoms with Crippen LogP contribution in [0.1, 0.15) is 12.8 Å². The van der Waals surface area contributed by atoms with Crippen LogP contribution >= 0.6 is 23.2 Å². The van der Waals surface area contributed by atoms with Gasteiger partial charge in [-0.3, -0.25) is 4.79 Å². The zero-order valence-corrected chi connectivity index (χ0v) is 19.7. The average Bonchev–Trinajstić information content (AvgIpc) is 3.44. The predicted molar refractivity (Wildman–Crippen MR) is 129 cm³/mol. The van der Waals surface area contributed by atoms with Crippen LogP contribution < -0.4 is 14.8 Å². The molecule has 2 heterocycles. The van der Waals surface area contributed by atoms with Crippen LogP contribution in [0.3, 0.4) is 0 Å². The number of anilines is 2. The molecule has 2 fully saturated rings. The largest absolute Gasteiger partial charge is 0.493 e. The summed E-state index contributed by atoms with van der Waals surface area (Å²) < 4.78 is 26.5. The maximum absolute atomic E-state index is 14.6. The summed E-state index contributed by atoms with van der Waals surface area (Å²) in [4.78, 5) is 22.5. The molecule has 1 N–H and O–H groups in total. The fraction of sp³-hybridized carbons (Fsp3) is 0.292. The van der Waals surface area contributed by atoms with Crippen molar-refractivity contribution < 1.29 is 18.7 Å². The molecule has 1 aliphatic carbocycles. The van der Waals surface area contributed by atoms with Crippen LogP contribution in [0.5, 0.6) is 11.5 Å². The highest BCUT2D eigenvalue weighted by molar-refractivity contribution is 6.42. The average molecular weight is 503 g/mol. The topological polar surface area (TPSA) is 76.6 Å². The number of nitrogens with one attached hydrogen (secondary N) is 1. The highest BCUT2D eigenvalue weighted by Gasteiger charge is 2.47. The number of carbonyl (C=O) groups excluding carboxylic acids is 1. The molecule has 2 aromatic carbocycles. The van der Waals surface area contributed by atoms with Gasteiger partial charge >= 0.3 is 0 Å². The summed E-state index contributed by atoms with van der Waals surface area (Å²) in [5.74, 6) is 0.944. The third-order valence-corrected chi connectivity index (χ3v) is 7.20. The zero-order valence-electron chi connectivity index (χ0n) is 18.2. The number of benzene rings is 2. The Morgan fingerprint density at radius 2 is 2.09 bits per heavy atom.